The highest BCUT2D eigenvalue weighted by Crippen LogP contribution is 2.31. The van der Waals surface area contributed by atoms with Crippen LogP contribution < -0.4 is 4.74 Å². The van der Waals surface area contributed by atoms with Crippen molar-refractivity contribution < 1.29 is 23.4 Å². The van der Waals surface area contributed by atoms with Crippen LogP contribution in [0.4, 0.5) is 8.78 Å². The molecular formula is C9H8ClF2NO3. The zero-order valence-electron chi connectivity index (χ0n) is 8.21. The summed E-state index contributed by atoms with van der Waals surface area (Å²) in [7, 11) is 1.26. The maximum absolute atomic E-state index is 12.4. The van der Waals surface area contributed by atoms with Crippen LogP contribution in [0.1, 0.15) is 17.8 Å². The van der Waals surface area contributed by atoms with Gasteiger partial charge >= 0.3 is 5.97 Å². The maximum Gasteiger partial charge on any atom is 0.309 e. The summed E-state index contributed by atoms with van der Waals surface area (Å²) >= 11 is 5.67. The van der Waals surface area contributed by atoms with Crippen LogP contribution in [0.15, 0.2) is 6.07 Å². The molecule has 88 valence electrons. The molecule has 7 heteroatoms. The van der Waals surface area contributed by atoms with Gasteiger partial charge in [0.05, 0.1) is 24.2 Å². The van der Waals surface area contributed by atoms with Crippen molar-refractivity contribution in [2.24, 2.45) is 0 Å². The molecular weight excluding hydrogens is 244 g/mol. The number of aromatic nitrogens is 1. The van der Waals surface area contributed by atoms with Crippen molar-refractivity contribution in [3.8, 4) is 5.75 Å². The molecule has 16 heavy (non-hydrogen) atoms. The molecule has 1 aromatic rings. The standard InChI is InChI=1S/C9H8ClF2NO3/c1-16-8-4(10)2-6(9(11)12)13-5(8)3-7(14)15/h2,9H,3H2,1H3,(H,14,15). The summed E-state index contributed by atoms with van der Waals surface area (Å²) in [4.78, 5) is 14.0. The molecule has 0 amide bonds. The normalized spacial score (nSPS) is 10.6. The van der Waals surface area contributed by atoms with Crippen LogP contribution in [-0.2, 0) is 11.2 Å². The lowest BCUT2D eigenvalue weighted by Gasteiger charge is -2.10. The van der Waals surface area contributed by atoms with E-state index in [9.17, 15) is 13.6 Å². The summed E-state index contributed by atoms with van der Waals surface area (Å²) in [6.07, 6.45) is -3.33. The molecule has 1 aromatic heterocycles. The summed E-state index contributed by atoms with van der Waals surface area (Å²) in [5.41, 5.74) is -0.681. The minimum atomic E-state index is -2.81. The van der Waals surface area contributed by atoms with Crippen molar-refractivity contribution in [1.82, 2.24) is 4.98 Å². The van der Waals surface area contributed by atoms with Gasteiger partial charge in [0.2, 0.25) is 0 Å². The van der Waals surface area contributed by atoms with Crippen LogP contribution in [-0.4, -0.2) is 23.2 Å². The van der Waals surface area contributed by atoms with Crippen LogP contribution in [0.2, 0.25) is 5.02 Å². The molecule has 0 fully saturated rings. The lowest BCUT2D eigenvalue weighted by Crippen LogP contribution is -2.07. The maximum atomic E-state index is 12.4. The first-order chi connectivity index (χ1) is 7.45. The summed E-state index contributed by atoms with van der Waals surface area (Å²) in [5, 5.41) is 8.50. The Morgan fingerprint density at radius 1 is 1.69 bits per heavy atom. The van der Waals surface area contributed by atoms with E-state index in [1.807, 2.05) is 0 Å². The van der Waals surface area contributed by atoms with Crippen molar-refractivity contribution in [2.45, 2.75) is 12.8 Å². The number of alkyl halides is 2. The number of ether oxygens (including phenoxy) is 1. The molecule has 0 saturated heterocycles. The zero-order valence-corrected chi connectivity index (χ0v) is 8.96. The van der Waals surface area contributed by atoms with Crippen molar-refractivity contribution in [1.29, 1.82) is 0 Å². The molecule has 0 spiro atoms. The molecule has 0 aliphatic rings. The summed E-state index contributed by atoms with van der Waals surface area (Å²) in [6, 6.07) is 0.955. The second-order valence-corrected chi connectivity index (χ2v) is 3.29. The third-order valence-corrected chi connectivity index (χ3v) is 2.04. The third-order valence-electron chi connectivity index (χ3n) is 1.76. The molecule has 0 aliphatic heterocycles. The lowest BCUT2D eigenvalue weighted by atomic mass is 10.2. The average molecular weight is 252 g/mol. The number of rotatable bonds is 4. The third kappa shape index (κ3) is 2.79. The highest BCUT2D eigenvalue weighted by atomic mass is 35.5. The monoisotopic (exact) mass is 251 g/mol. The molecule has 0 bridgehead atoms. The molecule has 1 rings (SSSR count). The number of carbonyl (C=O) groups is 1. The predicted molar refractivity (Wildman–Crippen MR) is 52.1 cm³/mol. The minimum absolute atomic E-state index is 0.00784. The Balaban J connectivity index is 3.24. The van der Waals surface area contributed by atoms with Crippen molar-refractivity contribution in [3.63, 3.8) is 0 Å². The first kappa shape index (κ1) is 12.6. The van der Waals surface area contributed by atoms with Gasteiger partial charge in [-0.25, -0.2) is 13.8 Å². The second-order valence-electron chi connectivity index (χ2n) is 2.88. The number of pyridine rings is 1. The quantitative estimate of drug-likeness (QED) is 0.892. The molecule has 1 N–H and O–H groups in total. The minimum Gasteiger partial charge on any atom is -0.493 e. The fraction of sp³-hybridized carbons (Fsp3) is 0.333. The van der Waals surface area contributed by atoms with Crippen molar-refractivity contribution in [3.05, 3.63) is 22.5 Å². The van der Waals surface area contributed by atoms with E-state index in [1.54, 1.807) is 0 Å². The first-order valence-electron chi connectivity index (χ1n) is 4.19. The van der Waals surface area contributed by atoms with Gasteiger partial charge in [0.1, 0.15) is 5.69 Å². The molecule has 1 heterocycles. The largest absolute Gasteiger partial charge is 0.493 e. The number of hydrogen-bond donors (Lipinski definition) is 1. The molecule has 0 atom stereocenters. The second kappa shape index (κ2) is 5.07. The van der Waals surface area contributed by atoms with Gasteiger partial charge < -0.3 is 9.84 Å². The van der Waals surface area contributed by atoms with E-state index in [0.717, 1.165) is 6.07 Å². The molecule has 0 saturated carbocycles. The number of carboxylic acids is 1. The van der Waals surface area contributed by atoms with Crippen LogP contribution >= 0.6 is 11.6 Å². The summed E-state index contributed by atoms with van der Waals surface area (Å²) in [5.74, 6) is -1.19. The number of methoxy groups -OCH3 is 1. The van der Waals surface area contributed by atoms with Gasteiger partial charge in [0.25, 0.3) is 6.43 Å². The van der Waals surface area contributed by atoms with Gasteiger partial charge in [-0.1, -0.05) is 11.6 Å². The van der Waals surface area contributed by atoms with Gasteiger partial charge in [-0.2, -0.15) is 0 Å². The van der Waals surface area contributed by atoms with Gasteiger partial charge in [-0.15, -0.1) is 0 Å². The van der Waals surface area contributed by atoms with E-state index < -0.39 is 24.5 Å². The molecule has 0 aliphatic carbocycles. The fourth-order valence-electron chi connectivity index (χ4n) is 1.16. The Morgan fingerprint density at radius 2 is 2.31 bits per heavy atom. The highest BCUT2D eigenvalue weighted by Gasteiger charge is 2.18. The number of halogens is 3. The highest BCUT2D eigenvalue weighted by molar-refractivity contribution is 6.32. The van der Waals surface area contributed by atoms with Gasteiger partial charge in [0, 0.05) is 0 Å². The van der Waals surface area contributed by atoms with E-state index in [1.165, 1.54) is 7.11 Å². The predicted octanol–water partition coefficient (Wildman–Crippen LogP) is 2.31. The lowest BCUT2D eigenvalue weighted by molar-refractivity contribution is -0.136. The molecule has 0 unspecified atom stereocenters. The van der Waals surface area contributed by atoms with E-state index in [2.05, 4.69) is 4.98 Å². The van der Waals surface area contributed by atoms with Crippen LogP contribution in [0.5, 0.6) is 5.75 Å². The van der Waals surface area contributed by atoms with Gasteiger partial charge in [0.15, 0.2) is 5.75 Å². The fourth-order valence-corrected chi connectivity index (χ4v) is 1.46. The Morgan fingerprint density at radius 3 is 2.75 bits per heavy atom. The first-order valence-corrected chi connectivity index (χ1v) is 4.56. The van der Waals surface area contributed by atoms with Crippen molar-refractivity contribution in [2.75, 3.05) is 7.11 Å². The Hall–Kier alpha value is -1.43. The van der Waals surface area contributed by atoms with E-state index in [4.69, 9.17) is 21.4 Å². The van der Waals surface area contributed by atoms with Gasteiger partial charge in [-0.05, 0) is 6.07 Å². The SMILES string of the molecule is COc1c(Cl)cc(C(F)F)nc1CC(=O)O. The smallest absolute Gasteiger partial charge is 0.309 e. The number of hydrogen-bond acceptors (Lipinski definition) is 3. The number of nitrogens with zero attached hydrogens (tertiary/aromatic N) is 1. The Labute approximate surface area is 94.8 Å². The number of aliphatic carboxylic acids is 1. The Bertz CT molecular complexity index is 412. The van der Waals surface area contributed by atoms with E-state index in [-0.39, 0.29) is 16.5 Å². The van der Waals surface area contributed by atoms with Gasteiger partial charge in [-0.3, -0.25) is 4.79 Å². The van der Waals surface area contributed by atoms with E-state index in [0.29, 0.717) is 0 Å². The van der Waals surface area contributed by atoms with Crippen LogP contribution in [0.25, 0.3) is 0 Å². The number of carboxylic acid groups (broad SMARTS) is 1. The summed E-state index contributed by atoms with van der Waals surface area (Å²) in [6.45, 7) is 0. The Kier molecular flexibility index (Phi) is 4.00. The topological polar surface area (TPSA) is 59.4 Å². The van der Waals surface area contributed by atoms with E-state index >= 15 is 0 Å². The molecule has 0 aromatic carbocycles. The molecule has 4 nitrogen and oxygen atoms in total. The average Bonchev–Trinajstić information content (AvgIpc) is 2.16. The summed E-state index contributed by atoms with van der Waals surface area (Å²) < 4.78 is 29.6. The van der Waals surface area contributed by atoms with Crippen LogP contribution in [0, 0.1) is 0 Å². The van der Waals surface area contributed by atoms with Crippen LogP contribution in [0.3, 0.4) is 0 Å². The van der Waals surface area contributed by atoms with Crippen molar-refractivity contribution >= 4 is 17.6 Å². The molecule has 0 radical (unpaired) electrons. The zero-order chi connectivity index (χ0) is 12.3.